The van der Waals surface area contributed by atoms with E-state index in [-0.39, 0.29) is 5.41 Å². The zero-order valence-electron chi connectivity index (χ0n) is 13.4. The van der Waals surface area contributed by atoms with E-state index < -0.39 is 0 Å². The quantitative estimate of drug-likeness (QED) is 0.861. The normalized spacial score (nSPS) is 11.7. The molecule has 0 fully saturated rings. The summed E-state index contributed by atoms with van der Waals surface area (Å²) in [5, 5.41) is 5.08. The topological polar surface area (TPSA) is 34.2 Å². The SMILES string of the molecule is CCCNc1nc2cc(OC)c(Cl)cc2cc1C(C)(C)C. The molecule has 0 amide bonds. The molecule has 0 aliphatic carbocycles. The zero-order valence-corrected chi connectivity index (χ0v) is 14.1. The van der Waals surface area contributed by atoms with Crippen LogP contribution in [0.5, 0.6) is 5.75 Å². The minimum atomic E-state index is 0.0175. The van der Waals surface area contributed by atoms with Crippen LogP contribution in [0.25, 0.3) is 10.9 Å². The fraction of sp³-hybridized carbons (Fsp3) is 0.471. The molecule has 0 spiro atoms. The number of hydrogen-bond acceptors (Lipinski definition) is 3. The third-order valence-corrected chi connectivity index (χ3v) is 3.73. The number of halogens is 1. The van der Waals surface area contributed by atoms with E-state index in [1.165, 1.54) is 5.56 Å². The van der Waals surface area contributed by atoms with Gasteiger partial charge in [-0.25, -0.2) is 4.98 Å². The molecule has 3 nitrogen and oxygen atoms in total. The molecule has 2 aromatic rings. The van der Waals surface area contributed by atoms with E-state index in [2.05, 4.69) is 39.1 Å². The largest absolute Gasteiger partial charge is 0.495 e. The Morgan fingerprint density at radius 2 is 1.95 bits per heavy atom. The van der Waals surface area contributed by atoms with Crippen molar-refractivity contribution >= 4 is 28.3 Å². The van der Waals surface area contributed by atoms with Gasteiger partial charge < -0.3 is 10.1 Å². The van der Waals surface area contributed by atoms with Crippen molar-refractivity contribution in [2.75, 3.05) is 19.0 Å². The maximum absolute atomic E-state index is 6.22. The van der Waals surface area contributed by atoms with Crippen molar-refractivity contribution < 1.29 is 4.74 Å². The molecular formula is C17H23ClN2O. The molecule has 114 valence electrons. The minimum Gasteiger partial charge on any atom is -0.495 e. The summed E-state index contributed by atoms with van der Waals surface area (Å²) in [6.07, 6.45) is 1.06. The van der Waals surface area contributed by atoms with Crippen LogP contribution in [0, 0.1) is 0 Å². The van der Waals surface area contributed by atoms with E-state index in [9.17, 15) is 0 Å². The number of anilines is 1. The maximum atomic E-state index is 6.22. The molecule has 0 saturated heterocycles. The first-order valence-corrected chi connectivity index (χ1v) is 7.67. The van der Waals surface area contributed by atoms with Gasteiger partial charge in [0.1, 0.15) is 11.6 Å². The third-order valence-electron chi connectivity index (χ3n) is 3.44. The standard InChI is InChI=1S/C17H23ClN2O/c1-6-7-19-16-12(17(2,3)4)8-11-9-13(18)15(21-5)10-14(11)20-16/h8-10H,6-7H2,1-5H3,(H,19,20). The number of methoxy groups -OCH3 is 1. The van der Waals surface area contributed by atoms with Crippen LogP contribution in [0.2, 0.25) is 5.02 Å². The van der Waals surface area contributed by atoms with Crippen LogP contribution in [0.1, 0.15) is 39.7 Å². The average molecular weight is 307 g/mol. The summed E-state index contributed by atoms with van der Waals surface area (Å²) in [7, 11) is 1.62. The fourth-order valence-electron chi connectivity index (χ4n) is 2.28. The van der Waals surface area contributed by atoms with E-state index in [1.807, 2.05) is 12.1 Å². The van der Waals surface area contributed by atoms with E-state index >= 15 is 0 Å². The van der Waals surface area contributed by atoms with E-state index in [4.69, 9.17) is 21.3 Å². The zero-order chi connectivity index (χ0) is 15.6. The summed E-state index contributed by atoms with van der Waals surface area (Å²) >= 11 is 6.22. The molecule has 0 unspecified atom stereocenters. The van der Waals surface area contributed by atoms with Crippen molar-refractivity contribution in [1.82, 2.24) is 4.98 Å². The second-order valence-corrected chi connectivity index (χ2v) is 6.65. The molecule has 0 bridgehead atoms. The molecule has 1 N–H and O–H groups in total. The van der Waals surface area contributed by atoms with E-state index in [1.54, 1.807) is 7.11 Å². The van der Waals surface area contributed by atoms with Crippen molar-refractivity contribution in [3.8, 4) is 5.75 Å². The van der Waals surface area contributed by atoms with Crippen molar-refractivity contribution in [3.63, 3.8) is 0 Å². The first-order chi connectivity index (χ1) is 9.86. The monoisotopic (exact) mass is 306 g/mol. The molecule has 0 atom stereocenters. The van der Waals surface area contributed by atoms with Gasteiger partial charge in [0.05, 0.1) is 17.6 Å². The lowest BCUT2D eigenvalue weighted by Gasteiger charge is -2.23. The number of fused-ring (bicyclic) bond motifs is 1. The Morgan fingerprint density at radius 1 is 1.24 bits per heavy atom. The number of pyridine rings is 1. The number of nitrogens with one attached hydrogen (secondary N) is 1. The highest BCUT2D eigenvalue weighted by Gasteiger charge is 2.20. The van der Waals surface area contributed by atoms with E-state index in [0.29, 0.717) is 10.8 Å². The van der Waals surface area contributed by atoms with E-state index in [0.717, 1.165) is 29.7 Å². The second kappa shape index (κ2) is 6.10. The number of ether oxygens (including phenoxy) is 1. The lowest BCUT2D eigenvalue weighted by atomic mass is 9.86. The average Bonchev–Trinajstić information content (AvgIpc) is 2.42. The molecule has 2 rings (SSSR count). The Hall–Kier alpha value is -1.48. The van der Waals surface area contributed by atoms with Crippen LogP contribution in [0.3, 0.4) is 0 Å². The first-order valence-electron chi connectivity index (χ1n) is 7.29. The highest BCUT2D eigenvalue weighted by molar-refractivity contribution is 6.32. The van der Waals surface area contributed by atoms with Crippen LogP contribution < -0.4 is 10.1 Å². The van der Waals surface area contributed by atoms with Gasteiger partial charge in [0.2, 0.25) is 0 Å². The molecular weight excluding hydrogens is 284 g/mol. The summed E-state index contributed by atoms with van der Waals surface area (Å²) in [4.78, 5) is 4.78. The Balaban J connectivity index is 2.64. The number of hydrogen-bond donors (Lipinski definition) is 1. The third kappa shape index (κ3) is 3.41. The van der Waals surface area contributed by atoms with Crippen LogP contribution in [0.4, 0.5) is 5.82 Å². The van der Waals surface area contributed by atoms with Crippen molar-refractivity contribution in [2.45, 2.75) is 39.5 Å². The molecule has 4 heteroatoms. The smallest absolute Gasteiger partial charge is 0.139 e. The lowest BCUT2D eigenvalue weighted by Crippen LogP contribution is -2.16. The van der Waals surface area contributed by atoms with Crippen LogP contribution in [0.15, 0.2) is 18.2 Å². The first kappa shape index (κ1) is 15.9. The summed E-state index contributed by atoms with van der Waals surface area (Å²) in [5.41, 5.74) is 2.11. The molecule has 0 aliphatic rings. The lowest BCUT2D eigenvalue weighted by molar-refractivity contribution is 0.415. The summed E-state index contributed by atoms with van der Waals surface area (Å²) in [6.45, 7) is 9.63. The Labute approximate surface area is 131 Å². The minimum absolute atomic E-state index is 0.0175. The molecule has 21 heavy (non-hydrogen) atoms. The summed E-state index contributed by atoms with van der Waals surface area (Å²) in [5.74, 6) is 1.60. The maximum Gasteiger partial charge on any atom is 0.139 e. The summed E-state index contributed by atoms with van der Waals surface area (Å²) < 4.78 is 5.28. The second-order valence-electron chi connectivity index (χ2n) is 6.24. The number of aromatic nitrogens is 1. The summed E-state index contributed by atoms with van der Waals surface area (Å²) in [6, 6.07) is 5.98. The Bertz CT molecular complexity index is 647. The van der Waals surface area contributed by atoms with Gasteiger partial charge in [-0.15, -0.1) is 0 Å². The van der Waals surface area contributed by atoms with Crippen molar-refractivity contribution in [3.05, 3.63) is 28.8 Å². The van der Waals surface area contributed by atoms with Gasteiger partial charge in [0.15, 0.2) is 0 Å². The van der Waals surface area contributed by atoms with Crippen molar-refractivity contribution in [2.24, 2.45) is 0 Å². The predicted octanol–water partition coefficient (Wildman–Crippen LogP) is 5.02. The Kier molecular flexibility index (Phi) is 4.62. The van der Waals surface area contributed by atoms with Gasteiger partial charge in [-0.2, -0.15) is 0 Å². The molecule has 1 aromatic carbocycles. The Morgan fingerprint density at radius 3 is 2.52 bits per heavy atom. The van der Waals surface area contributed by atoms with Crippen LogP contribution >= 0.6 is 11.6 Å². The molecule has 0 saturated carbocycles. The van der Waals surface area contributed by atoms with Gasteiger partial charge in [0.25, 0.3) is 0 Å². The highest BCUT2D eigenvalue weighted by atomic mass is 35.5. The highest BCUT2D eigenvalue weighted by Crippen LogP contribution is 2.35. The number of rotatable bonds is 4. The molecule has 1 heterocycles. The van der Waals surface area contributed by atoms with Gasteiger partial charge in [-0.1, -0.05) is 39.3 Å². The molecule has 1 aromatic heterocycles. The molecule has 0 aliphatic heterocycles. The van der Waals surface area contributed by atoms with Gasteiger partial charge in [-0.05, 0) is 24.0 Å². The number of nitrogens with zero attached hydrogens (tertiary/aromatic N) is 1. The molecule has 0 radical (unpaired) electrons. The predicted molar refractivity (Wildman–Crippen MR) is 90.8 cm³/mol. The van der Waals surface area contributed by atoms with Crippen LogP contribution in [-0.4, -0.2) is 18.6 Å². The fourth-order valence-corrected chi connectivity index (χ4v) is 2.53. The van der Waals surface area contributed by atoms with Gasteiger partial charge in [-0.3, -0.25) is 0 Å². The number of benzene rings is 1. The van der Waals surface area contributed by atoms with Crippen molar-refractivity contribution in [1.29, 1.82) is 0 Å². The van der Waals surface area contributed by atoms with Gasteiger partial charge in [0, 0.05) is 23.6 Å². The van der Waals surface area contributed by atoms with Crippen LogP contribution in [-0.2, 0) is 5.41 Å². The van der Waals surface area contributed by atoms with Gasteiger partial charge >= 0.3 is 0 Å².